The van der Waals surface area contributed by atoms with Crippen LogP contribution < -0.4 is 4.90 Å². The van der Waals surface area contributed by atoms with Gasteiger partial charge < -0.3 is 4.90 Å². The number of aromatic nitrogens is 1. The van der Waals surface area contributed by atoms with E-state index < -0.39 is 23.7 Å². The standard InChI is InChI=1S/C20H18FN3O3/c21-15-5-7-16(8-6-15)24-18(25)10-17(20(24)27)23(19(26)14-3-4-14)12-13-2-1-9-22-11-13/h1-2,5-9,11,14,17H,3-4,10,12H2. The topological polar surface area (TPSA) is 70.6 Å². The largest absolute Gasteiger partial charge is 0.325 e. The summed E-state index contributed by atoms with van der Waals surface area (Å²) in [7, 11) is 0. The Kier molecular flexibility index (Phi) is 4.43. The predicted molar refractivity (Wildman–Crippen MR) is 94.8 cm³/mol. The lowest BCUT2D eigenvalue weighted by Crippen LogP contribution is -2.45. The molecule has 4 rings (SSSR count). The summed E-state index contributed by atoms with van der Waals surface area (Å²) in [6.45, 7) is 0.226. The van der Waals surface area contributed by atoms with Crippen LogP contribution in [0.3, 0.4) is 0 Å². The number of carbonyl (C=O) groups excluding carboxylic acids is 3. The number of nitrogens with zero attached hydrogens (tertiary/aromatic N) is 3. The van der Waals surface area contributed by atoms with Crippen molar-refractivity contribution in [3.05, 3.63) is 60.2 Å². The smallest absolute Gasteiger partial charge is 0.257 e. The molecule has 2 fully saturated rings. The van der Waals surface area contributed by atoms with Crippen LogP contribution in [0.5, 0.6) is 0 Å². The molecule has 6 nitrogen and oxygen atoms in total. The highest BCUT2D eigenvalue weighted by atomic mass is 19.1. The van der Waals surface area contributed by atoms with Gasteiger partial charge >= 0.3 is 0 Å². The van der Waals surface area contributed by atoms with Gasteiger partial charge in [0.1, 0.15) is 11.9 Å². The molecule has 7 heteroatoms. The van der Waals surface area contributed by atoms with E-state index in [0.717, 1.165) is 23.3 Å². The van der Waals surface area contributed by atoms with E-state index in [1.54, 1.807) is 18.5 Å². The van der Waals surface area contributed by atoms with Crippen molar-refractivity contribution in [2.45, 2.75) is 31.8 Å². The van der Waals surface area contributed by atoms with Gasteiger partial charge in [-0.3, -0.25) is 19.4 Å². The minimum atomic E-state index is -0.851. The summed E-state index contributed by atoms with van der Waals surface area (Å²) in [6, 6.07) is 7.93. The first kappa shape index (κ1) is 17.3. The molecular formula is C20H18FN3O3. The Morgan fingerprint density at radius 1 is 1.19 bits per heavy atom. The van der Waals surface area contributed by atoms with Crippen molar-refractivity contribution in [3.8, 4) is 0 Å². The second-order valence-electron chi connectivity index (χ2n) is 6.87. The summed E-state index contributed by atoms with van der Waals surface area (Å²) in [5.41, 5.74) is 1.11. The molecule has 0 spiro atoms. The number of halogens is 1. The van der Waals surface area contributed by atoms with Crippen LogP contribution in [0.4, 0.5) is 10.1 Å². The lowest BCUT2D eigenvalue weighted by molar-refractivity contribution is -0.140. The Balaban J connectivity index is 1.61. The molecule has 2 aromatic rings. The highest BCUT2D eigenvalue weighted by Gasteiger charge is 2.46. The normalized spacial score (nSPS) is 19.4. The quantitative estimate of drug-likeness (QED) is 0.761. The molecule has 0 radical (unpaired) electrons. The highest BCUT2D eigenvalue weighted by molar-refractivity contribution is 6.23. The fourth-order valence-electron chi connectivity index (χ4n) is 3.32. The van der Waals surface area contributed by atoms with Crippen molar-refractivity contribution in [2.75, 3.05) is 4.90 Å². The average Bonchev–Trinajstić information content (AvgIpc) is 3.47. The van der Waals surface area contributed by atoms with E-state index in [-0.39, 0.29) is 24.8 Å². The molecule has 138 valence electrons. The molecule has 1 saturated carbocycles. The van der Waals surface area contributed by atoms with E-state index in [0.29, 0.717) is 5.69 Å². The van der Waals surface area contributed by atoms with Crippen LogP contribution >= 0.6 is 0 Å². The van der Waals surface area contributed by atoms with Gasteiger partial charge in [-0.2, -0.15) is 0 Å². The summed E-state index contributed by atoms with van der Waals surface area (Å²) >= 11 is 0. The monoisotopic (exact) mass is 367 g/mol. The Hall–Kier alpha value is -3.09. The molecule has 1 aromatic heterocycles. The first-order valence-electron chi connectivity index (χ1n) is 8.86. The second kappa shape index (κ2) is 6.90. The summed E-state index contributed by atoms with van der Waals surface area (Å²) in [6.07, 6.45) is 4.82. The van der Waals surface area contributed by atoms with E-state index in [4.69, 9.17) is 0 Å². The Labute approximate surface area is 155 Å². The van der Waals surface area contributed by atoms with Crippen LogP contribution in [0, 0.1) is 11.7 Å². The third-order valence-corrected chi connectivity index (χ3v) is 4.87. The van der Waals surface area contributed by atoms with Crippen LogP contribution in [-0.4, -0.2) is 33.6 Å². The van der Waals surface area contributed by atoms with Gasteiger partial charge in [0.05, 0.1) is 12.1 Å². The van der Waals surface area contributed by atoms with Gasteiger partial charge in [-0.1, -0.05) is 6.07 Å². The maximum atomic E-state index is 13.2. The molecule has 1 atom stereocenters. The summed E-state index contributed by atoms with van der Waals surface area (Å²) in [4.78, 5) is 44.9. The van der Waals surface area contributed by atoms with Gasteiger partial charge in [0.2, 0.25) is 11.8 Å². The molecule has 0 N–H and O–H groups in total. The lowest BCUT2D eigenvalue weighted by atomic mass is 10.1. The number of carbonyl (C=O) groups is 3. The molecule has 1 aliphatic carbocycles. The van der Waals surface area contributed by atoms with Gasteiger partial charge in [0.25, 0.3) is 5.91 Å². The molecule has 27 heavy (non-hydrogen) atoms. The number of amides is 3. The summed E-state index contributed by atoms with van der Waals surface area (Å²) in [5.74, 6) is -1.48. The molecule has 1 unspecified atom stereocenters. The van der Waals surface area contributed by atoms with Crippen molar-refractivity contribution in [3.63, 3.8) is 0 Å². The zero-order chi connectivity index (χ0) is 19.0. The van der Waals surface area contributed by atoms with Crippen molar-refractivity contribution in [1.29, 1.82) is 0 Å². The fraction of sp³-hybridized carbons (Fsp3) is 0.300. The first-order valence-corrected chi connectivity index (χ1v) is 8.86. The molecular weight excluding hydrogens is 349 g/mol. The van der Waals surface area contributed by atoms with Gasteiger partial charge in [-0.15, -0.1) is 0 Å². The van der Waals surface area contributed by atoms with E-state index in [2.05, 4.69) is 4.98 Å². The highest BCUT2D eigenvalue weighted by Crippen LogP contribution is 2.34. The second-order valence-corrected chi connectivity index (χ2v) is 6.87. The molecule has 1 saturated heterocycles. The molecule has 2 heterocycles. The zero-order valence-corrected chi connectivity index (χ0v) is 14.5. The van der Waals surface area contributed by atoms with Crippen LogP contribution in [0.25, 0.3) is 0 Å². The maximum Gasteiger partial charge on any atom is 0.257 e. The minimum absolute atomic E-state index is 0.0745. The minimum Gasteiger partial charge on any atom is -0.325 e. The van der Waals surface area contributed by atoms with Crippen LogP contribution in [-0.2, 0) is 20.9 Å². The summed E-state index contributed by atoms with van der Waals surface area (Å²) in [5, 5.41) is 0. The molecule has 0 bridgehead atoms. The predicted octanol–water partition coefficient (Wildman–Crippen LogP) is 2.29. The number of anilines is 1. The van der Waals surface area contributed by atoms with Crippen molar-refractivity contribution < 1.29 is 18.8 Å². The third-order valence-electron chi connectivity index (χ3n) is 4.87. The Morgan fingerprint density at radius 2 is 1.93 bits per heavy atom. The first-order chi connectivity index (χ1) is 13.0. The van der Waals surface area contributed by atoms with Gasteiger partial charge in [-0.25, -0.2) is 9.29 Å². The van der Waals surface area contributed by atoms with Gasteiger partial charge in [0, 0.05) is 24.9 Å². The zero-order valence-electron chi connectivity index (χ0n) is 14.5. The SMILES string of the molecule is O=C1CC(N(Cc2cccnc2)C(=O)C2CC2)C(=O)N1c1ccc(F)cc1. The van der Waals surface area contributed by atoms with Gasteiger partial charge in [0.15, 0.2) is 0 Å². The Bertz CT molecular complexity index is 881. The van der Waals surface area contributed by atoms with Crippen molar-refractivity contribution >= 4 is 23.4 Å². The lowest BCUT2D eigenvalue weighted by Gasteiger charge is -2.27. The molecule has 1 aliphatic heterocycles. The summed E-state index contributed by atoms with van der Waals surface area (Å²) < 4.78 is 13.2. The number of hydrogen-bond donors (Lipinski definition) is 0. The van der Waals surface area contributed by atoms with Crippen molar-refractivity contribution in [2.24, 2.45) is 5.92 Å². The average molecular weight is 367 g/mol. The third kappa shape index (κ3) is 3.45. The number of benzene rings is 1. The number of hydrogen-bond acceptors (Lipinski definition) is 4. The number of rotatable bonds is 5. The molecule has 3 amide bonds. The van der Waals surface area contributed by atoms with E-state index in [1.807, 2.05) is 6.07 Å². The van der Waals surface area contributed by atoms with Crippen LogP contribution in [0.15, 0.2) is 48.8 Å². The fourth-order valence-corrected chi connectivity index (χ4v) is 3.32. The molecule has 2 aliphatic rings. The maximum absolute atomic E-state index is 13.2. The van der Waals surface area contributed by atoms with E-state index in [1.165, 1.54) is 29.2 Å². The van der Waals surface area contributed by atoms with E-state index >= 15 is 0 Å². The number of imide groups is 1. The molecule has 1 aromatic carbocycles. The van der Waals surface area contributed by atoms with Crippen LogP contribution in [0.2, 0.25) is 0 Å². The van der Waals surface area contributed by atoms with Gasteiger partial charge in [-0.05, 0) is 48.7 Å². The van der Waals surface area contributed by atoms with E-state index in [9.17, 15) is 18.8 Å². The Morgan fingerprint density at radius 3 is 2.56 bits per heavy atom. The van der Waals surface area contributed by atoms with Crippen LogP contribution in [0.1, 0.15) is 24.8 Å². The number of pyridine rings is 1. The van der Waals surface area contributed by atoms with Crippen molar-refractivity contribution in [1.82, 2.24) is 9.88 Å².